The Bertz CT molecular complexity index is 1110. The highest BCUT2D eigenvalue weighted by atomic mass is 19.2. The van der Waals surface area contributed by atoms with Crippen LogP contribution in [0.5, 0.6) is 5.75 Å². The van der Waals surface area contributed by atoms with Gasteiger partial charge >= 0.3 is 0 Å². The van der Waals surface area contributed by atoms with Crippen LogP contribution in [0.2, 0.25) is 0 Å². The Hall–Kier alpha value is -3.22. The molecule has 0 radical (unpaired) electrons. The second kappa shape index (κ2) is 8.26. The molecule has 3 aromatic rings. The van der Waals surface area contributed by atoms with Crippen molar-refractivity contribution in [2.75, 3.05) is 11.9 Å². The molecule has 0 unspecified atom stereocenters. The SMILES string of the molecule is CCCOc1cc(C)ccc1NC(=O)c1nn(-c2ccc(F)c(F)c2)c2c1CCC2. The predicted molar refractivity (Wildman–Crippen MR) is 110 cm³/mol. The lowest BCUT2D eigenvalue weighted by Crippen LogP contribution is -2.16. The topological polar surface area (TPSA) is 56.1 Å². The number of nitrogens with one attached hydrogen (secondary N) is 1. The monoisotopic (exact) mass is 411 g/mol. The van der Waals surface area contributed by atoms with E-state index in [2.05, 4.69) is 10.4 Å². The lowest BCUT2D eigenvalue weighted by atomic mass is 10.1. The summed E-state index contributed by atoms with van der Waals surface area (Å²) in [5.41, 5.74) is 4.01. The van der Waals surface area contributed by atoms with Crippen molar-refractivity contribution in [2.24, 2.45) is 0 Å². The van der Waals surface area contributed by atoms with Crippen molar-refractivity contribution in [1.82, 2.24) is 9.78 Å². The van der Waals surface area contributed by atoms with Gasteiger partial charge in [-0.2, -0.15) is 5.10 Å². The summed E-state index contributed by atoms with van der Waals surface area (Å²) in [6.07, 6.45) is 3.18. The van der Waals surface area contributed by atoms with Crippen molar-refractivity contribution in [3.05, 3.63) is 70.5 Å². The van der Waals surface area contributed by atoms with Gasteiger partial charge in [0.1, 0.15) is 5.75 Å². The zero-order chi connectivity index (χ0) is 21.3. The molecule has 0 bridgehead atoms. The van der Waals surface area contributed by atoms with Crippen LogP contribution < -0.4 is 10.1 Å². The maximum absolute atomic E-state index is 13.7. The quantitative estimate of drug-likeness (QED) is 0.622. The van der Waals surface area contributed by atoms with Crippen LogP contribution in [-0.2, 0) is 12.8 Å². The number of aryl methyl sites for hydroxylation is 1. The van der Waals surface area contributed by atoms with Gasteiger partial charge in [0.25, 0.3) is 5.91 Å². The van der Waals surface area contributed by atoms with E-state index in [0.29, 0.717) is 29.4 Å². The number of nitrogens with zero attached hydrogens (tertiary/aromatic N) is 2. The molecule has 1 aromatic heterocycles. The zero-order valence-corrected chi connectivity index (χ0v) is 17.0. The van der Waals surface area contributed by atoms with Crippen LogP contribution in [0, 0.1) is 18.6 Å². The van der Waals surface area contributed by atoms with E-state index in [1.165, 1.54) is 6.07 Å². The first-order valence-corrected chi connectivity index (χ1v) is 10.1. The Balaban J connectivity index is 1.67. The van der Waals surface area contributed by atoms with Gasteiger partial charge in [0.2, 0.25) is 0 Å². The van der Waals surface area contributed by atoms with Crippen LogP contribution in [-0.4, -0.2) is 22.3 Å². The molecular formula is C23H23F2N3O2. The fraction of sp³-hybridized carbons (Fsp3) is 0.304. The number of hydrogen-bond donors (Lipinski definition) is 1. The highest BCUT2D eigenvalue weighted by Gasteiger charge is 2.27. The number of fused-ring (bicyclic) bond motifs is 1. The van der Waals surface area contributed by atoms with Gasteiger partial charge in [0, 0.05) is 17.3 Å². The number of rotatable bonds is 6. The number of anilines is 1. The summed E-state index contributed by atoms with van der Waals surface area (Å²) < 4.78 is 34.4. The third kappa shape index (κ3) is 3.79. The summed E-state index contributed by atoms with van der Waals surface area (Å²) >= 11 is 0. The third-order valence-electron chi connectivity index (χ3n) is 5.14. The van der Waals surface area contributed by atoms with Gasteiger partial charge in [-0.3, -0.25) is 4.79 Å². The van der Waals surface area contributed by atoms with E-state index < -0.39 is 11.6 Å². The molecule has 7 heteroatoms. The van der Waals surface area contributed by atoms with Crippen LogP contribution in [0.25, 0.3) is 5.69 Å². The van der Waals surface area contributed by atoms with Crippen LogP contribution in [0.1, 0.15) is 47.1 Å². The summed E-state index contributed by atoms with van der Waals surface area (Å²) in [7, 11) is 0. The molecule has 0 spiro atoms. The molecular weight excluding hydrogens is 388 g/mol. The normalized spacial score (nSPS) is 12.7. The number of amides is 1. The zero-order valence-electron chi connectivity index (χ0n) is 17.0. The smallest absolute Gasteiger partial charge is 0.276 e. The summed E-state index contributed by atoms with van der Waals surface area (Å²) in [6.45, 7) is 4.52. The molecule has 2 aromatic carbocycles. The maximum atomic E-state index is 13.7. The number of hydrogen-bond acceptors (Lipinski definition) is 3. The van der Waals surface area contributed by atoms with Crippen molar-refractivity contribution in [3.8, 4) is 11.4 Å². The van der Waals surface area contributed by atoms with Gasteiger partial charge in [-0.25, -0.2) is 13.5 Å². The predicted octanol–water partition coefficient (Wildman–Crippen LogP) is 4.99. The maximum Gasteiger partial charge on any atom is 0.276 e. The van der Waals surface area contributed by atoms with Gasteiger partial charge in [-0.05, 0) is 62.4 Å². The van der Waals surface area contributed by atoms with E-state index in [0.717, 1.165) is 54.6 Å². The fourth-order valence-corrected chi connectivity index (χ4v) is 3.70. The Morgan fingerprint density at radius 3 is 2.77 bits per heavy atom. The Morgan fingerprint density at radius 1 is 1.17 bits per heavy atom. The third-order valence-corrected chi connectivity index (χ3v) is 5.14. The molecule has 156 valence electrons. The number of benzene rings is 2. The minimum atomic E-state index is -0.946. The summed E-state index contributed by atoms with van der Waals surface area (Å²) in [4.78, 5) is 13.1. The number of halogens is 2. The van der Waals surface area contributed by atoms with Gasteiger partial charge in [-0.15, -0.1) is 0 Å². The molecule has 30 heavy (non-hydrogen) atoms. The van der Waals surface area contributed by atoms with Gasteiger partial charge in [0.15, 0.2) is 17.3 Å². The van der Waals surface area contributed by atoms with E-state index >= 15 is 0 Å². The van der Waals surface area contributed by atoms with Crippen molar-refractivity contribution in [2.45, 2.75) is 39.5 Å². The highest BCUT2D eigenvalue weighted by Crippen LogP contribution is 2.31. The number of carbonyl (C=O) groups excluding carboxylic acids is 1. The van der Waals surface area contributed by atoms with E-state index in [1.54, 1.807) is 4.68 Å². The number of carbonyl (C=O) groups is 1. The molecule has 1 amide bonds. The first-order valence-electron chi connectivity index (χ1n) is 10.1. The summed E-state index contributed by atoms with van der Waals surface area (Å²) in [5, 5.41) is 7.36. The molecule has 0 fully saturated rings. The highest BCUT2D eigenvalue weighted by molar-refractivity contribution is 6.05. The van der Waals surface area contributed by atoms with Gasteiger partial charge in [0.05, 0.1) is 18.0 Å². The summed E-state index contributed by atoms with van der Waals surface area (Å²) in [5.74, 6) is -1.60. The molecule has 1 heterocycles. The second-order valence-electron chi connectivity index (χ2n) is 7.44. The standard InChI is InChI=1S/C23H23F2N3O2/c1-3-11-30-21-12-14(2)7-10-19(21)26-23(29)22-16-5-4-6-20(16)28(27-22)15-8-9-17(24)18(25)13-15/h7-10,12-13H,3-6,11H2,1-2H3,(H,26,29). The summed E-state index contributed by atoms with van der Waals surface area (Å²) in [6, 6.07) is 9.22. The Morgan fingerprint density at radius 2 is 2.00 bits per heavy atom. The molecule has 0 saturated carbocycles. The minimum Gasteiger partial charge on any atom is -0.491 e. The molecule has 5 nitrogen and oxygen atoms in total. The average molecular weight is 411 g/mol. The van der Waals surface area contributed by atoms with Crippen LogP contribution in [0.15, 0.2) is 36.4 Å². The van der Waals surface area contributed by atoms with Gasteiger partial charge < -0.3 is 10.1 Å². The van der Waals surface area contributed by atoms with Crippen molar-refractivity contribution < 1.29 is 18.3 Å². The van der Waals surface area contributed by atoms with E-state index in [9.17, 15) is 13.6 Å². The van der Waals surface area contributed by atoms with Crippen molar-refractivity contribution in [3.63, 3.8) is 0 Å². The molecule has 1 aliphatic rings. The first-order chi connectivity index (χ1) is 14.5. The lowest BCUT2D eigenvalue weighted by molar-refractivity contribution is 0.102. The molecule has 0 saturated heterocycles. The largest absolute Gasteiger partial charge is 0.491 e. The van der Waals surface area contributed by atoms with Crippen LogP contribution in [0.4, 0.5) is 14.5 Å². The first kappa shape index (κ1) is 20.1. The lowest BCUT2D eigenvalue weighted by Gasteiger charge is -2.12. The van der Waals surface area contributed by atoms with Crippen molar-refractivity contribution in [1.29, 1.82) is 0 Å². The van der Waals surface area contributed by atoms with E-state index in [-0.39, 0.29) is 5.91 Å². The molecule has 0 aliphatic heterocycles. The number of ether oxygens (including phenoxy) is 1. The molecule has 4 rings (SSSR count). The van der Waals surface area contributed by atoms with Crippen LogP contribution >= 0.6 is 0 Å². The molecule has 1 N–H and O–H groups in total. The fourth-order valence-electron chi connectivity index (χ4n) is 3.70. The minimum absolute atomic E-state index is 0.300. The number of aromatic nitrogens is 2. The van der Waals surface area contributed by atoms with E-state index in [1.807, 2.05) is 32.0 Å². The van der Waals surface area contributed by atoms with Crippen molar-refractivity contribution >= 4 is 11.6 Å². The molecule has 0 atom stereocenters. The average Bonchev–Trinajstić information content (AvgIpc) is 3.33. The second-order valence-corrected chi connectivity index (χ2v) is 7.44. The Kier molecular flexibility index (Phi) is 5.53. The van der Waals surface area contributed by atoms with Crippen LogP contribution in [0.3, 0.4) is 0 Å². The van der Waals surface area contributed by atoms with Gasteiger partial charge in [-0.1, -0.05) is 13.0 Å². The molecule has 1 aliphatic carbocycles. The Labute approximate surface area is 173 Å². The van der Waals surface area contributed by atoms with E-state index in [4.69, 9.17) is 4.74 Å².